The van der Waals surface area contributed by atoms with E-state index in [0.29, 0.717) is 29.8 Å². The Bertz CT molecular complexity index is 1090. The molecule has 1 aliphatic rings. The predicted octanol–water partition coefficient (Wildman–Crippen LogP) is 3.63. The van der Waals surface area contributed by atoms with Crippen LogP contribution in [0.4, 0.5) is 5.69 Å². The number of nitrogens with zero attached hydrogens (tertiary/aromatic N) is 1. The quantitative estimate of drug-likeness (QED) is 0.668. The molecule has 0 aromatic heterocycles. The summed E-state index contributed by atoms with van der Waals surface area (Å²) in [4.78, 5) is 40.1. The molecule has 0 bridgehead atoms. The van der Waals surface area contributed by atoms with Crippen molar-refractivity contribution in [3.05, 3.63) is 101 Å². The largest absolute Gasteiger partial charge is 0.348 e. The highest BCUT2D eigenvalue weighted by atomic mass is 16.2. The highest BCUT2D eigenvalue weighted by Gasteiger charge is 2.38. The van der Waals surface area contributed by atoms with Crippen LogP contribution >= 0.6 is 0 Å². The second-order valence-corrected chi connectivity index (χ2v) is 7.40. The number of nitrogens with one attached hydrogen (secondary N) is 1. The average molecular weight is 398 g/mol. The van der Waals surface area contributed by atoms with Crippen LogP contribution < -0.4 is 10.2 Å². The summed E-state index contributed by atoms with van der Waals surface area (Å²) in [5.74, 6) is -1.51. The summed E-state index contributed by atoms with van der Waals surface area (Å²) >= 11 is 0. The van der Waals surface area contributed by atoms with Gasteiger partial charge < -0.3 is 10.2 Å². The minimum absolute atomic E-state index is 0.224. The van der Waals surface area contributed by atoms with Gasteiger partial charge in [0.25, 0.3) is 5.91 Å². The molecule has 4 rings (SSSR count). The second-order valence-electron chi connectivity index (χ2n) is 7.40. The maximum Gasteiger partial charge on any atom is 0.251 e. The van der Waals surface area contributed by atoms with E-state index in [2.05, 4.69) is 5.32 Å². The van der Waals surface area contributed by atoms with Crippen molar-refractivity contribution in [1.29, 1.82) is 0 Å². The molecule has 0 saturated carbocycles. The molecule has 1 aliphatic heterocycles. The molecule has 1 unspecified atom stereocenters. The van der Waals surface area contributed by atoms with Gasteiger partial charge in [-0.3, -0.25) is 14.4 Å². The predicted molar refractivity (Wildman–Crippen MR) is 115 cm³/mol. The Morgan fingerprint density at radius 3 is 2.20 bits per heavy atom. The van der Waals surface area contributed by atoms with Crippen molar-refractivity contribution in [1.82, 2.24) is 5.32 Å². The van der Waals surface area contributed by atoms with Gasteiger partial charge in [0.2, 0.25) is 5.91 Å². The van der Waals surface area contributed by atoms with Crippen molar-refractivity contribution in [2.24, 2.45) is 5.92 Å². The van der Waals surface area contributed by atoms with E-state index >= 15 is 0 Å². The Morgan fingerprint density at radius 2 is 1.53 bits per heavy atom. The van der Waals surface area contributed by atoms with Crippen LogP contribution in [-0.2, 0) is 17.8 Å². The Labute approximate surface area is 175 Å². The molecule has 0 spiro atoms. The number of carbonyl (C=O) groups excluding carboxylic acids is 3. The fourth-order valence-electron chi connectivity index (χ4n) is 3.73. The van der Waals surface area contributed by atoms with Crippen molar-refractivity contribution >= 4 is 23.3 Å². The van der Waals surface area contributed by atoms with Crippen LogP contribution in [0.15, 0.2) is 78.9 Å². The molecule has 1 heterocycles. The van der Waals surface area contributed by atoms with E-state index in [4.69, 9.17) is 0 Å². The van der Waals surface area contributed by atoms with Gasteiger partial charge in [0, 0.05) is 24.7 Å². The Hall–Kier alpha value is -3.73. The molecule has 0 aliphatic carbocycles. The van der Waals surface area contributed by atoms with Gasteiger partial charge in [0.1, 0.15) is 5.92 Å². The number of benzene rings is 3. The lowest BCUT2D eigenvalue weighted by Gasteiger charge is -2.30. The summed E-state index contributed by atoms with van der Waals surface area (Å²) in [6, 6.07) is 24.0. The lowest BCUT2D eigenvalue weighted by atomic mass is 9.85. The van der Waals surface area contributed by atoms with E-state index in [1.165, 1.54) is 4.90 Å². The molecule has 1 atom stereocenters. The smallest absolute Gasteiger partial charge is 0.251 e. The SMILES string of the molecule is CN1C(=O)C(Cc2ccccc2)C(=O)c2cc(C(=O)NCc3ccccc3)ccc21. The maximum absolute atomic E-state index is 13.2. The molecule has 0 fully saturated rings. The van der Waals surface area contributed by atoms with Crippen molar-refractivity contribution in [3.8, 4) is 0 Å². The van der Waals surface area contributed by atoms with Gasteiger partial charge in [0.05, 0.1) is 5.69 Å². The normalized spacial score (nSPS) is 15.6. The first kappa shape index (κ1) is 19.6. The van der Waals surface area contributed by atoms with Gasteiger partial charge in [-0.25, -0.2) is 0 Å². The zero-order valence-corrected chi connectivity index (χ0v) is 16.7. The number of hydrogen-bond acceptors (Lipinski definition) is 3. The minimum atomic E-state index is -0.785. The van der Waals surface area contributed by atoms with Gasteiger partial charge in [-0.2, -0.15) is 0 Å². The third-order valence-electron chi connectivity index (χ3n) is 5.41. The summed E-state index contributed by atoms with van der Waals surface area (Å²) in [5, 5.41) is 2.88. The van der Waals surface area contributed by atoms with Gasteiger partial charge >= 0.3 is 0 Å². The van der Waals surface area contributed by atoms with E-state index in [1.807, 2.05) is 60.7 Å². The molecule has 30 heavy (non-hydrogen) atoms. The topological polar surface area (TPSA) is 66.5 Å². The van der Waals surface area contributed by atoms with E-state index in [0.717, 1.165) is 11.1 Å². The number of ketones is 1. The number of carbonyl (C=O) groups is 3. The van der Waals surface area contributed by atoms with E-state index < -0.39 is 5.92 Å². The van der Waals surface area contributed by atoms with Crippen LogP contribution in [0.25, 0.3) is 0 Å². The third-order valence-corrected chi connectivity index (χ3v) is 5.41. The number of hydrogen-bond donors (Lipinski definition) is 1. The van der Waals surface area contributed by atoms with Gasteiger partial charge in [-0.15, -0.1) is 0 Å². The molecular formula is C25H22N2O3. The average Bonchev–Trinajstić information content (AvgIpc) is 2.80. The van der Waals surface area contributed by atoms with Crippen molar-refractivity contribution < 1.29 is 14.4 Å². The fourth-order valence-corrected chi connectivity index (χ4v) is 3.73. The molecule has 2 amide bonds. The number of rotatable bonds is 5. The second kappa shape index (κ2) is 8.33. The first-order valence-corrected chi connectivity index (χ1v) is 9.86. The standard InChI is InChI=1S/C25H22N2O3/c1-27-22-13-12-19(24(29)26-16-18-10-6-3-7-11-18)15-20(22)23(28)21(25(27)30)14-17-8-4-2-5-9-17/h2-13,15,21H,14,16H2,1H3,(H,26,29). The van der Waals surface area contributed by atoms with Crippen LogP contribution in [-0.4, -0.2) is 24.6 Å². The summed E-state index contributed by atoms with van der Waals surface area (Å²) in [6.45, 7) is 0.403. The zero-order chi connectivity index (χ0) is 21.1. The highest BCUT2D eigenvalue weighted by molar-refractivity contribution is 6.22. The Morgan fingerprint density at radius 1 is 0.900 bits per heavy atom. The lowest BCUT2D eigenvalue weighted by Crippen LogP contribution is -2.43. The maximum atomic E-state index is 13.2. The molecule has 5 nitrogen and oxygen atoms in total. The molecule has 3 aromatic rings. The van der Waals surface area contributed by atoms with Gasteiger partial charge in [-0.05, 0) is 35.7 Å². The van der Waals surface area contributed by atoms with E-state index in [1.54, 1.807) is 25.2 Å². The third kappa shape index (κ3) is 3.87. The molecular weight excluding hydrogens is 376 g/mol. The molecule has 1 N–H and O–H groups in total. The molecule has 3 aromatic carbocycles. The first-order valence-electron chi connectivity index (χ1n) is 9.86. The van der Waals surface area contributed by atoms with E-state index in [-0.39, 0.29) is 17.6 Å². The van der Waals surface area contributed by atoms with Crippen LogP contribution in [0.3, 0.4) is 0 Å². The summed E-state index contributed by atoms with van der Waals surface area (Å²) in [5.41, 5.74) is 3.27. The fraction of sp³-hybridized carbons (Fsp3) is 0.160. The number of fused-ring (bicyclic) bond motifs is 1. The monoisotopic (exact) mass is 398 g/mol. The van der Waals surface area contributed by atoms with Crippen LogP contribution in [0.5, 0.6) is 0 Å². The van der Waals surface area contributed by atoms with Crippen molar-refractivity contribution in [3.63, 3.8) is 0 Å². The summed E-state index contributed by atoms with van der Waals surface area (Å²) in [6.07, 6.45) is 0.340. The van der Waals surface area contributed by atoms with Crippen molar-refractivity contribution in [2.75, 3.05) is 11.9 Å². The molecule has 0 radical (unpaired) electrons. The van der Waals surface area contributed by atoms with Crippen LogP contribution in [0, 0.1) is 5.92 Å². The van der Waals surface area contributed by atoms with Crippen LogP contribution in [0.1, 0.15) is 31.8 Å². The minimum Gasteiger partial charge on any atom is -0.348 e. The van der Waals surface area contributed by atoms with Gasteiger partial charge in [0.15, 0.2) is 5.78 Å². The lowest BCUT2D eigenvalue weighted by molar-refractivity contribution is -0.120. The van der Waals surface area contributed by atoms with Crippen LogP contribution in [0.2, 0.25) is 0 Å². The number of Topliss-reactive ketones (excluding diaryl/α,β-unsaturated/α-hetero) is 1. The van der Waals surface area contributed by atoms with Crippen molar-refractivity contribution in [2.45, 2.75) is 13.0 Å². The zero-order valence-electron chi connectivity index (χ0n) is 16.7. The summed E-state index contributed by atoms with van der Waals surface area (Å²) < 4.78 is 0. The molecule has 0 saturated heterocycles. The number of amides is 2. The highest BCUT2D eigenvalue weighted by Crippen LogP contribution is 2.32. The summed E-state index contributed by atoms with van der Waals surface area (Å²) in [7, 11) is 1.67. The molecule has 150 valence electrons. The Kier molecular flexibility index (Phi) is 5.44. The first-order chi connectivity index (χ1) is 14.5. The van der Waals surface area contributed by atoms with E-state index in [9.17, 15) is 14.4 Å². The number of anilines is 1. The Balaban J connectivity index is 1.57. The molecule has 5 heteroatoms. The van der Waals surface area contributed by atoms with Gasteiger partial charge in [-0.1, -0.05) is 60.7 Å².